The molecule has 1 aromatic carbocycles. The van der Waals surface area contributed by atoms with Crippen molar-refractivity contribution in [3.05, 3.63) is 49.3 Å². The second-order valence-electron chi connectivity index (χ2n) is 3.49. The number of ether oxygens (including phenoxy) is 1. The van der Waals surface area contributed by atoms with Crippen LogP contribution in [0.1, 0.15) is 15.3 Å². The molecular formula is C12H8Br2ClFOS. The van der Waals surface area contributed by atoms with Crippen molar-refractivity contribution >= 4 is 54.8 Å². The predicted molar refractivity (Wildman–Crippen MR) is 80.8 cm³/mol. The monoisotopic (exact) mass is 412 g/mol. The smallest absolute Gasteiger partial charge is 0.131 e. The first-order chi connectivity index (χ1) is 8.54. The molecule has 1 nitrogen and oxygen atoms in total. The van der Waals surface area contributed by atoms with E-state index in [-0.39, 0.29) is 10.6 Å². The van der Waals surface area contributed by atoms with Gasteiger partial charge in [-0.1, -0.05) is 33.6 Å². The molecule has 0 radical (unpaired) electrons. The molecule has 2 aromatic rings. The zero-order chi connectivity index (χ0) is 13.3. The second-order valence-corrected chi connectivity index (χ2v) is 6.94. The molecule has 0 N–H and O–H groups in total. The lowest BCUT2D eigenvalue weighted by atomic mass is 10.1. The van der Waals surface area contributed by atoms with Crippen LogP contribution in [0.2, 0.25) is 4.34 Å². The number of halogens is 4. The van der Waals surface area contributed by atoms with E-state index in [0.717, 1.165) is 9.35 Å². The molecule has 1 heterocycles. The van der Waals surface area contributed by atoms with Gasteiger partial charge in [0.05, 0.1) is 11.9 Å². The number of rotatable bonds is 3. The first kappa shape index (κ1) is 14.3. The summed E-state index contributed by atoms with van der Waals surface area (Å²) < 4.78 is 20.6. The zero-order valence-electron chi connectivity index (χ0n) is 9.22. The molecular weight excluding hydrogens is 406 g/mol. The van der Waals surface area contributed by atoms with Gasteiger partial charge in [0.25, 0.3) is 0 Å². The van der Waals surface area contributed by atoms with E-state index in [2.05, 4.69) is 31.9 Å². The molecule has 6 heteroatoms. The SMILES string of the molecule is COc1cccc(F)c1C(Br)c1cc(Br)c(Cl)s1. The van der Waals surface area contributed by atoms with Crippen LogP contribution in [0.3, 0.4) is 0 Å². The highest BCUT2D eigenvalue weighted by Gasteiger charge is 2.22. The third-order valence-corrected chi connectivity index (χ3v) is 6.19. The molecule has 0 spiro atoms. The van der Waals surface area contributed by atoms with Gasteiger partial charge in [-0.15, -0.1) is 11.3 Å². The minimum Gasteiger partial charge on any atom is -0.496 e. The molecule has 0 fully saturated rings. The Morgan fingerprint density at radius 3 is 2.72 bits per heavy atom. The highest BCUT2D eigenvalue weighted by Crippen LogP contribution is 2.44. The van der Waals surface area contributed by atoms with Gasteiger partial charge in [-0.05, 0) is 34.1 Å². The average Bonchev–Trinajstić information content (AvgIpc) is 2.68. The molecule has 96 valence electrons. The van der Waals surface area contributed by atoms with Crippen LogP contribution in [0.4, 0.5) is 4.39 Å². The molecule has 1 atom stereocenters. The fraction of sp³-hybridized carbons (Fsp3) is 0.167. The van der Waals surface area contributed by atoms with Crippen molar-refractivity contribution in [3.8, 4) is 5.75 Å². The maximum atomic E-state index is 13.9. The summed E-state index contributed by atoms with van der Waals surface area (Å²) in [5.41, 5.74) is 0.477. The first-order valence-corrected chi connectivity index (χ1v) is 7.86. The van der Waals surface area contributed by atoms with Gasteiger partial charge >= 0.3 is 0 Å². The average molecular weight is 415 g/mol. The van der Waals surface area contributed by atoms with Gasteiger partial charge in [-0.25, -0.2) is 4.39 Å². The first-order valence-electron chi connectivity index (χ1n) is 4.95. The third kappa shape index (κ3) is 2.74. The molecule has 18 heavy (non-hydrogen) atoms. The van der Waals surface area contributed by atoms with E-state index in [1.807, 2.05) is 6.07 Å². The lowest BCUT2D eigenvalue weighted by molar-refractivity contribution is 0.405. The van der Waals surface area contributed by atoms with Gasteiger partial charge in [-0.3, -0.25) is 0 Å². The van der Waals surface area contributed by atoms with Crippen molar-refractivity contribution in [3.63, 3.8) is 0 Å². The molecule has 0 saturated carbocycles. The molecule has 1 unspecified atom stereocenters. The molecule has 0 bridgehead atoms. The van der Waals surface area contributed by atoms with Gasteiger partial charge in [-0.2, -0.15) is 0 Å². The van der Waals surface area contributed by atoms with Gasteiger partial charge < -0.3 is 4.74 Å². The van der Waals surface area contributed by atoms with E-state index in [1.54, 1.807) is 12.1 Å². The lowest BCUT2D eigenvalue weighted by Gasteiger charge is -2.13. The molecule has 0 amide bonds. The van der Waals surface area contributed by atoms with E-state index in [4.69, 9.17) is 16.3 Å². The number of methoxy groups -OCH3 is 1. The Morgan fingerprint density at radius 1 is 1.44 bits per heavy atom. The molecule has 0 aliphatic carbocycles. The van der Waals surface area contributed by atoms with E-state index < -0.39 is 0 Å². The van der Waals surface area contributed by atoms with Crippen molar-refractivity contribution in [2.24, 2.45) is 0 Å². The number of alkyl halides is 1. The fourth-order valence-electron chi connectivity index (χ4n) is 1.57. The van der Waals surface area contributed by atoms with Crippen LogP contribution in [0, 0.1) is 5.82 Å². The zero-order valence-corrected chi connectivity index (χ0v) is 14.0. The largest absolute Gasteiger partial charge is 0.496 e. The van der Waals surface area contributed by atoms with E-state index in [0.29, 0.717) is 15.6 Å². The third-order valence-electron chi connectivity index (χ3n) is 2.40. The van der Waals surface area contributed by atoms with Crippen LogP contribution in [0.5, 0.6) is 5.75 Å². The summed E-state index contributed by atoms with van der Waals surface area (Å²) in [6.45, 7) is 0. The maximum Gasteiger partial charge on any atom is 0.131 e. The normalized spacial score (nSPS) is 12.5. The Bertz CT molecular complexity index is 554. The van der Waals surface area contributed by atoms with Gasteiger partial charge in [0.1, 0.15) is 15.9 Å². The quantitative estimate of drug-likeness (QED) is 0.577. The van der Waals surface area contributed by atoms with Crippen LogP contribution in [0.15, 0.2) is 28.7 Å². The standard InChI is InChI=1S/C12H8Br2ClFOS/c1-17-8-4-2-3-7(16)10(8)11(14)9-5-6(13)12(15)18-9/h2-5,11H,1H3. The van der Waals surface area contributed by atoms with Crippen LogP contribution in [0.25, 0.3) is 0 Å². The van der Waals surface area contributed by atoms with Crippen LogP contribution in [-0.2, 0) is 0 Å². The number of benzene rings is 1. The molecule has 0 aliphatic rings. The molecule has 0 aliphatic heterocycles. The topological polar surface area (TPSA) is 9.23 Å². The van der Waals surface area contributed by atoms with Crippen molar-refractivity contribution < 1.29 is 9.13 Å². The minimum atomic E-state index is -0.308. The Labute approximate surface area is 130 Å². The van der Waals surface area contributed by atoms with Crippen molar-refractivity contribution in [1.82, 2.24) is 0 Å². The Kier molecular flexibility index (Phi) is 4.69. The number of thiophene rings is 1. The molecule has 1 aromatic heterocycles. The summed E-state index contributed by atoms with van der Waals surface area (Å²) in [6, 6.07) is 6.64. The van der Waals surface area contributed by atoms with E-state index >= 15 is 0 Å². The minimum absolute atomic E-state index is 0.289. The fourth-order valence-corrected chi connectivity index (χ4v) is 4.15. The summed E-state index contributed by atoms with van der Waals surface area (Å²) in [5.74, 6) is 0.203. The summed E-state index contributed by atoms with van der Waals surface area (Å²) >= 11 is 14.2. The van der Waals surface area contributed by atoms with Crippen LogP contribution < -0.4 is 4.74 Å². The Balaban J connectivity index is 2.48. The predicted octanol–water partition coefficient (Wildman–Crippen LogP) is 5.80. The van der Waals surface area contributed by atoms with Crippen molar-refractivity contribution in [2.45, 2.75) is 4.83 Å². The van der Waals surface area contributed by atoms with E-state index in [1.165, 1.54) is 24.5 Å². The Hall–Kier alpha value is -0.100. The Morgan fingerprint density at radius 2 is 2.17 bits per heavy atom. The van der Waals surface area contributed by atoms with Crippen LogP contribution in [-0.4, -0.2) is 7.11 Å². The summed E-state index contributed by atoms with van der Waals surface area (Å²) in [6.07, 6.45) is 0. The summed E-state index contributed by atoms with van der Waals surface area (Å²) in [7, 11) is 1.52. The summed E-state index contributed by atoms with van der Waals surface area (Å²) in [4.78, 5) is 0.623. The maximum absolute atomic E-state index is 13.9. The lowest BCUT2D eigenvalue weighted by Crippen LogP contribution is -1.98. The highest BCUT2D eigenvalue weighted by molar-refractivity contribution is 9.10. The summed E-state index contributed by atoms with van der Waals surface area (Å²) in [5, 5.41) is 0. The van der Waals surface area contributed by atoms with Crippen LogP contribution >= 0.6 is 54.8 Å². The number of hydrogen-bond donors (Lipinski definition) is 0. The molecule has 2 rings (SSSR count). The second kappa shape index (κ2) is 5.90. The van der Waals surface area contributed by atoms with Gasteiger partial charge in [0.2, 0.25) is 0 Å². The van der Waals surface area contributed by atoms with Gasteiger partial charge in [0.15, 0.2) is 0 Å². The van der Waals surface area contributed by atoms with Crippen molar-refractivity contribution in [2.75, 3.05) is 7.11 Å². The van der Waals surface area contributed by atoms with Gasteiger partial charge in [0, 0.05) is 14.9 Å². The van der Waals surface area contributed by atoms with E-state index in [9.17, 15) is 4.39 Å². The van der Waals surface area contributed by atoms with Crippen molar-refractivity contribution in [1.29, 1.82) is 0 Å². The highest BCUT2D eigenvalue weighted by atomic mass is 79.9. The molecule has 0 saturated heterocycles. The number of hydrogen-bond acceptors (Lipinski definition) is 2.